The van der Waals surface area contributed by atoms with Gasteiger partial charge in [-0.3, -0.25) is 14.6 Å². The van der Waals surface area contributed by atoms with Crippen LogP contribution < -0.4 is 15.5 Å². The molecule has 0 aromatic carbocycles. The second-order valence-corrected chi connectivity index (χ2v) is 8.70. The maximum atomic E-state index is 12.5. The van der Waals surface area contributed by atoms with E-state index in [1.54, 1.807) is 4.90 Å². The molecule has 1 atom stereocenters. The Hall–Kier alpha value is -3.10. The smallest absolute Gasteiger partial charge is 0.324 e. The van der Waals surface area contributed by atoms with Crippen LogP contribution in [0.4, 0.5) is 15.9 Å². The van der Waals surface area contributed by atoms with Crippen LogP contribution in [-0.2, 0) is 4.79 Å². The number of rotatable bonds is 4. The molecule has 11 heteroatoms. The number of piperidine rings is 1. The Labute approximate surface area is 177 Å². The summed E-state index contributed by atoms with van der Waals surface area (Å²) in [4.78, 5) is 41.3. The van der Waals surface area contributed by atoms with Crippen LogP contribution in [-0.4, -0.2) is 57.0 Å². The molecule has 30 heavy (non-hydrogen) atoms. The lowest BCUT2D eigenvalue weighted by molar-refractivity contribution is -0.114. The maximum absolute atomic E-state index is 12.5. The van der Waals surface area contributed by atoms with Crippen molar-refractivity contribution >= 4 is 34.4 Å². The van der Waals surface area contributed by atoms with E-state index in [0.29, 0.717) is 23.2 Å². The molecule has 4 heterocycles. The number of urea groups is 1. The lowest BCUT2D eigenvalue weighted by atomic mass is 9.87. The number of anilines is 2. The Bertz CT molecular complexity index is 991. The van der Waals surface area contributed by atoms with E-state index in [1.165, 1.54) is 30.7 Å². The van der Waals surface area contributed by atoms with Crippen molar-refractivity contribution in [2.45, 2.75) is 38.3 Å². The number of hydrogen-bond donors (Lipinski definition) is 2. The molecule has 2 aliphatic rings. The first kappa shape index (κ1) is 20.2. The summed E-state index contributed by atoms with van der Waals surface area (Å²) in [7, 11) is 0. The molecule has 0 aliphatic carbocycles. The first-order valence-electron chi connectivity index (χ1n) is 9.68. The molecule has 0 unspecified atom stereocenters. The lowest BCUT2D eigenvalue weighted by Gasteiger charge is -2.40. The number of thiazole rings is 1. The van der Waals surface area contributed by atoms with Crippen molar-refractivity contribution in [2.75, 3.05) is 29.9 Å². The molecule has 1 spiro atoms. The van der Waals surface area contributed by atoms with E-state index in [4.69, 9.17) is 5.26 Å². The average Bonchev–Trinajstić information content (AvgIpc) is 3.32. The largest absolute Gasteiger partial charge is 0.330 e. The van der Waals surface area contributed by atoms with Gasteiger partial charge in [-0.15, -0.1) is 11.3 Å². The number of nitrogens with zero attached hydrogens (tertiary/aromatic N) is 6. The highest BCUT2D eigenvalue weighted by atomic mass is 32.1. The summed E-state index contributed by atoms with van der Waals surface area (Å²) in [6.07, 6.45) is 6.29. The van der Waals surface area contributed by atoms with Gasteiger partial charge in [0.25, 0.3) is 0 Å². The van der Waals surface area contributed by atoms with Crippen LogP contribution >= 0.6 is 11.3 Å². The third kappa shape index (κ3) is 3.96. The molecule has 3 amide bonds. The first-order valence-corrected chi connectivity index (χ1v) is 10.5. The van der Waals surface area contributed by atoms with E-state index in [-0.39, 0.29) is 23.5 Å². The molecule has 0 radical (unpaired) electrons. The van der Waals surface area contributed by atoms with E-state index < -0.39 is 0 Å². The van der Waals surface area contributed by atoms with Crippen LogP contribution in [0.5, 0.6) is 0 Å². The summed E-state index contributed by atoms with van der Waals surface area (Å²) in [5.41, 5.74) is 0.0553. The molecule has 2 aliphatic heterocycles. The van der Waals surface area contributed by atoms with Crippen LogP contribution in [0.2, 0.25) is 0 Å². The Morgan fingerprint density at radius 2 is 2.00 bits per heavy atom. The molecule has 2 saturated heterocycles. The molecule has 4 rings (SSSR count). The van der Waals surface area contributed by atoms with Gasteiger partial charge in [0, 0.05) is 37.1 Å². The predicted octanol–water partition coefficient (Wildman–Crippen LogP) is 1.89. The van der Waals surface area contributed by atoms with Crippen molar-refractivity contribution < 1.29 is 9.59 Å². The molecule has 2 aromatic heterocycles. The highest BCUT2D eigenvalue weighted by Gasteiger charge is 2.46. The number of amides is 3. The zero-order chi connectivity index (χ0) is 21.3. The molecule has 2 aromatic rings. The third-order valence-electron chi connectivity index (χ3n) is 5.61. The van der Waals surface area contributed by atoms with E-state index in [2.05, 4.69) is 37.4 Å². The van der Waals surface area contributed by atoms with Gasteiger partial charge in [0.15, 0.2) is 5.13 Å². The Morgan fingerprint density at radius 3 is 2.63 bits per heavy atom. The van der Waals surface area contributed by atoms with E-state index in [9.17, 15) is 9.59 Å². The molecule has 2 N–H and O–H groups in total. The second kappa shape index (κ2) is 7.97. The zero-order valence-electron chi connectivity index (χ0n) is 16.8. The van der Waals surface area contributed by atoms with Crippen LogP contribution in [0.25, 0.3) is 0 Å². The second-order valence-electron chi connectivity index (χ2n) is 7.64. The molecular weight excluding hydrogens is 404 g/mol. The van der Waals surface area contributed by atoms with Gasteiger partial charge in [0.2, 0.25) is 11.9 Å². The van der Waals surface area contributed by atoms with E-state index >= 15 is 0 Å². The van der Waals surface area contributed by atoms with Gasteiger partial charge in [-0.1, -0.05) is 0 Å². The summed E-state index contributed by atoms with van der Waals surface area (Å²) in [5, 5.41) is 15.3. The highest BCUT2D eigenvalue weighted by molar-refractivity contribution is 7.15. The van der Waals surface area contributed by atoms with Crippen LogP contribution in [0.1, 0.15) is 43.2 Å². The number of hydrogen-bond acceptors (Lipinski definition) is 8. The zero-order valence-corrected chi connectivity index (χ0v) is 17.6. The number of nitriles is 1. The van der Waals surface area contributed by atoms with Gasteiger partial charge in [-0.05, 0) is 19.8 Å². The minimum Gasteiger partial charge on any atom is -0.330 e. The number of nitrogens with one attached hydrogen (secondary N) is 2. The van der Waals surface area contributed by atoms with Gasteiger partial charge in [0.05, 0.1) is 30.0 Å². The Morgan fingerprint density at radius 1 is 1.30 bits per heavy atom. The molecule has 2 fully saturated rings. The number of aromatic nitrogens is 3. The SMILES string of the molecule is CC(=O)Nc1ncc([C@H](C)N2CCC3(CC2)CN(c2ncc(C#N)cn2)C(=O)N3)s1. The van der Waals surface area contributed by atoms with E-state index in [0.717, 1.165) is 30.8 Å². The van der Waals surface area contributed by atoms with Gasteiger partial charge in [0.1, 0.15) is 6.07 Å². The number of carbonyl (C=O) groups excluding carboxylic acids is 2. The van der Waals surface area contributed by atoms with Crippen molar-refractivity contribution in [1.29, 1.82) is 5.26 Å². The van der Waals surface area contributed by atoms with Crippen LogP contribution in [0, 0.1) is 11.3 Å². The lowest BCUT2D eigenvalue weighted by Crippen LogP contribution is -2.52. The topological polar surface area (TPSA) is 127 Å². The van der Waals surface area contributed by atoms with Crippen molar-refractivity contribution in [3.8, 4) is 6.07 Å². The summed E-state index contributed by atoms with van der Waals surface area (Å²) < 4.78 is 0. The maximum Gasteiger partial charge on any atom is 0.324 e. The monoisotopic (exact) mass is 426 g/mol. The third-order valence-corrected chi connectivity index (χ3v) is 6.69. The quantitative estimate of drug-likeness (QED) is 0.764. The predicted molar refractivity (Wildman–Crippen MR) is 111 cm³/mol. The minimum absolute atomic E-state index is 0.128. The van der Waals surface area contributed by atoms with Gasteiger partial charge in [-0.25, -0.2) is 19.7 Å². The van der Waals surface area contributed by atoms with Gasteiger partial charge < -0.3 is 10.6 Å². The van der Waals surface area contributed by atoms with Gasteiger partial charge >= 0.3 is 6.03 Å². The fourth-order valence-corrected chi connectivity index (χ4v) is 4.83. The van der Waals surface area contributed by atoms with Crippen molar-refractivity contribution in [3.05, 3.63) is 29.0 Å². The first-order chi connectivity index (χ1) is 14.4. The molecule has 156 valence electrons. The fourth-order valence-electron chi connectivity index (χ4n) is 3.88. The molecule has 0 bridgehead atoms. The standard InChI is InChI=1S/C19H22N8O2S/c1-12(15-10-23-17(30-15)24-13(2)28)26-5-3-19(4-6-26)11-27(18(29)25-19)16-21-8-14(7-20)9-22-16/h8-10,12H,3-6,11H2,1-2H3,(H,25,29)(H,23,24,28)/t12-/m0/s1. The normalized spacial score (nSPS) is 19.4. The van der Waals surface area contributed by atoms with Crippen molar-refractivity contribution in [3.63, 3.8) is 0 Å². The van der Waals surface area contributed by atoms with Crippen LogP contribution in [0.15, 0.2) is 18.6 Å². The van der Waals surface area contributed by atoms with Gasteiger partial charge in [-0.2, -0.15) is 5.26 Å². The van der Waals surface area contributed by atoms with Crippen molar-refractivity contribution in [2.24, 2.45) is 0 Å². The van der Waals surface area contributed by atoms with Crippen LogP contribution in [0.3, 0.4) is 0 Å². The molecule has 0 saturated carbocycles. The average molecular weight is 427 g/mol. The van der Waals surface area contributed by atoms with E-state index in [1.807, 2.05) is 12.3 Å². The highest BCUT2D eigenvalue weighted by Crippen LogP contribution is 2.35. The summed E-state index contributed by atoms with van der Waals surface area (Å²) in [5.74, 6) is 0.186. The molecule has 10 nitrogen and oxygen atoms in total. The minimum atomic E-state index is -0.306. The Balaban J connectivity index is 1.39. The fraction of sp³-hybridized carbons (Fsp3) is 0.474. The Kier molecular flexibility index (Phi) is 5.36. The summed E-state index contributed by atoms with van der Waals surface area (Å²) >= 11 is 1.49. The summed E-state index contributed by atoms with van der Waals surface area (Å²) in [6, 6.07) is 1.95. The summed E-state index contributed by atoms with van der Waals surface area (Å²) in [6.45, 7) is 5.77. The van der Waals surface area contributed by atoms with Crippen molar-refractivity contribution in [1.82, 2.24) is 25.2 Å². The number of likely N-dealkylation sites (tertiary alicyclic amines) is 1. The number of carbonyl (C=O) groups is 2. The molecular formula is C19H22N8O2S.